The van der Waals surface area contributed by atoms with Crippen molar-refractivity contribution in [2.75, 3.05) is 20.8 Å². The first-order valence-electron chi connectivity index (χ1n) is 6.47. The van der Waals surface area contributed by atoms with Gasteiger partial charge in [0.25, 0.3) is 6.29 Å². The molecule has 0 bridgehead atoms. The van der Waals surface area contributed by atoms with Crippen LogP contribution in [0.5, 0.6) is 23.0 Å². The highest BCUT2D eigenvalue weighted by atomic mass is 16.7. The minimum Gasteiger partial charge on any atom is -0.497 e. The van der Waals surface area contributed by atoms with Gasteiger partial charge >= 0.3 is 0 Å². The van der Waals surface area contributed by atoms with E-state index in [4.69, 9.17) is 18.9 Å². The Balaban J connectivity index is 1.98. The van der Waals surface area contributed by atoms with Crippen LogP contribution in [0.3, 0.4) is 0 Å². The second kappa shape index (κ2) is 7.40. The minimum atomic E-state index is -0.785. The summed E-state index contributed by atoms with van der Waals surface area (Å²) in [6.45, 7) is -0.266. The molecule has 0 aliphatic carbocycles. The Labute approximate surface area is 123 Å². The molecule has 0 heterocycles. The predicted molar refractivity (Wildman–Crippen MR) is 78.1 cm³/mol. The number of ether oxygens (including phenoxy) is 4. The number of benzene rings is 2. The first kappa shape index (κ1) is 15.0. The zero-order valence-electron chi connectivity index (χ0n) is 12.0. The third-order valence-electron chi connectivity index (χ3n) is 2.80. The Bertz CT molecular complexity index is 486. The van der Waals surface area contributed by atoms with E-state index in [0.717, 1.165) is 11.5 Å². The van der Waals surface area contributed by atoms with Crippen LogP contribution in [0.2, 0.25) is 0 Å². The standard InChI is InChI=1S/C16H18O5/c1-18-12-3-7-14(8-4-12)20-16(11-17)21-15-9-5-13(19-2)6-10-15/h3-10,16-17H,11H2,1-2H3. The predicted octanol–water partition coefficient (Wildman–Crippen LogP) is 2.48. The molecule has 112 valence electrons. The number of hydrogen-bond acceptors (Lipinski definition) is 5. The van der Waals surface area contributed by atoms with Gasteiger partial charge in [0.15, 0.2) is 0 Å². The maximum absolute atomic E-state index is 9.35. The molecule has 0 amide bonds. The van der Waals surface area contributed by atoms with E-state index >= 15 is 0 Å². The summed E-state index contributed by atoms with van der Waals surface area (Å²) in [6.07, 6.45) is -0.785. The molecule has 0 aliphatic heterocycles. The second-order valence-corrected chi connectivity index (χ2v) is 4.20. The lowest BCUT2D eigenvalue weighted by Gasteiger charge is -2.18. The molecular formula is C16H18O5. The lowest BCUT2D eigenvalue weighted by Crippen LogP contribution is -2.27. The zero-order chi connectivity index (χ0) is 15.1. The average molecular weight is 290 g/mol. The molecule has 0 unspecified atom stereocenters. The molecule has 0 fully saturated rings. The van der Waals surface area contributed by atoms with E-state index in [9.17, 15) is 5.11 Å². The maximum Gasteiger partial charge on any atom is 0.263 e. The Morgan fingerprint density at radius 2 is 1.05 bits per heavy atom. The van der Waals surface area contributed by atoms with E-state index in [1.807, 2.05) is 0 Å². The molecule has 2 rings (SSSR count). The first-order valence-corrected chi connectivity index (χ1v) is 6.47. The largest absolute Gasteiger partial charge is 0.497 e. The van der Waals surface area contributed by atoms with Crippen LogP contribution in [0.1, 0.15) is 0 Å². The van der Waals surface area contributed by atoms with Gasteiger partial charge in [-0.15, -0.1) is 0 Å². The van der Waals surface area contributed by atoms with E-state index in [2.05, 4.69) is 0 Å². The number of methoxy groups -OCH3 is 2. The molecule has 5 heteroatoms. The summed E-state index contributed by atoms with van der Waals surface area (Å²) in [7, 11) is 3.19. The lowest BCUT2D eigenvalue weighted by atomic mass is 10.3. The summed E-state index contributed by atoms with van der Waals surface area (Å²) in [6, 6.07) is 14.1. The first-order chi connectivity index (χ1) is 10.2. The van der Waals surface area contributed by atoms with Crippen molar-refractivity contribution in [2.24, 2.45) is 0 Å². The summed E-state index contributed by atoms with van der Waals surface area (Å²) in [4.78, 5) is 0. The van der Waals surface area contributed by atoms with Crippen LogP contribution in [-0.2, 0) is 0 Å². The number of aliphatic hydroxyl groups excluding tert-OH is 1. The molecular weight excluding hydrogens is 272 g/mol. The summed E-state index contributed by atoms with van der Waals surface area (Å²) in [5, 5.41) is 9.35. The smallest absolute Gasteiger partial charge is 0.263 e. The fourth-order valence-corrected chi connectivity index (χ4v) is 1.71. The molecule has 0 saturated carbocycles. The van der Waals surface area contributed by atoms with Crippen molar-refractivity contribution in [2.45, 2.75) is 6.29 Å². The minimum absolute atomic E-state index is 0.266. The Kier molecular flexibility index (Phi) is 5.29. The van der Waals surface area contributed by atoms with Gasteiger partial charge in [0, 0.05) is 0 Å². The van der Waals surface area contributed by atoms with Crippen LogP contribution in [0, 0.1) is 0 Å². The van der Waals surface area contributed by atoms with E-state index in [0.29, 0.717) is 11.5 Å². The summed E-state index contributed by atoms with van der Waals surface area (Å²) in [5.41, 5.74) is 0. The Morgan fingerprint density at radius 1 is 0.714 bits per heavy atom. The van der Waals surface area contributed by atoms with Gasteiger partial charge in [-0.2, -0.15) is 0 Å². The van der Waals surface area contributed by atoms with Crippen molar-refractivity contribution in [3.63, 3.8) is 0 Å². The normalized spacial score (nSPS) is 10.3. The van der Waals surface area contributed by atoms with Crippen molar-refractivity contribution in [1.29, 1.82) is 0 Å². The highest BCUT2D eigenvalue weighted by Crippen LogP contribution is 2.21. The molecule has 0 aromatic heterocycles. The number of hydrogen-bond donors (Lipinski definition) is 1. The topological polar surface area (TPSA) is 57.2 Å². The quantitative estimate of drug-likeness (QED) is 0.794. The van der Waals surface area contributed by atoms with Crippen molar-refractivity contribution in [3.05, 3.63) is 48.5 Å². The zero-order valence-corrected chi connectivity index (χ0v) is 12.0. The fourth-order valence-electron chi connectivity index (χ4n) is 1.71. The van der Waals surface area contributed by atoms with Gasteiger partial charge in [-0.3, -0.25) is 0 Å². The van der Waals surface area contributed by atoms with E-state index in [-0.39, 0.29) is 6.61 Å². The monoisotopic (exact) mass is 290 g/mol. The van der Waals surface area contributed by atoms with Gasteiger partial charge in [0.2, 0.25) is 0 Å². The van der Waals surface area contributed by atoms with Crippen LogP contribution in [0.4, 0.5) is 0 Å². The van der Waals surface area contributed by atoms with Crippen LogP contribution in [-0.4, -0.2) is 32.2 Å². The molecule has 0 atom stereocenters. The van der Waals surface area contributed by atoms with Crippen LogP contribution in [0.25, 0.3) is 0 Å². The molecule has 0 radical (unpaired) electrons. The molecule has 0 saturated heterocycles. The summed E-state index contributed by atoms with van der Waals surface area (Å²) < 4.78 is 21.3. The molecule has 0 spiro atoms. The molecule has 0 aliphatic rings. The third kappa shape index (κ3) is 4.29. The van der Waals surface area contributed by atoms with Gasteiger partial charge in [0.05, 0.1) is 14.2 Å². The van der Waals surface area contributed by atoms with E-state index in [1.165, 1.54) is 0 Å². The van der Waals surface area contributed by atoms with Crippen molar-refractivity contribution in [3.8, 4) is 23.0 Å². The van der Waals surface area contributed by atoms with Gasteiger partial charge in [0.1, 0.15) is 29.6 Å². The highest BCUT2D eigenvalue weighted by molar-refractivity contribution is 5.32. The van der Waals surface area contributed by atoms with Crippen LogP contribution < -0.4 is 18.9 Å². The maximum atomic E-state index is 9.35. The van der Waals surface area contributed by atoms with Crippen molar-refractivity contribution < 1.29 is 24.1 Å². The van der Waals surface area contributed by atoms with Gasteiger partial charge in [-0.25, -0.2) is 0 Å². The molecule has 2 aromatic carbocycles. The van der Waals surface area contributed by atoms with E-state index in [1.54, 1.807) is 62.8 Å². The fraction of sp³-hybridized carbons (Fsp3) is 0.250. The number of rotatable bonds is 7. The molecule has 2 aromatic rings. The van der Waals surface area contributed by atoms with E-state index < -0.39 is 6.29 Å². The second-order valence-electron chi connectivity index (χ2n) is 4.20. The molecule has 1 N–H and O–H groups in total. The summed E-state index contributed by atoms with van der Waals surface area (Å²) >= 11 is 0. The van der Waals surface area contributed by atoms with Gasteiger partial charge in [-0.05, 0) is 48.5 Å². The molecule has 5 nitrogen and oxygen atoms in total. The summed E-state index contributed by atoms with van der Waals surface area (Å²) in [5.74, 6) is 2.64. The van der Waals surface area contributed by atoms with Crippen LogP contribution >= 0.6 is 0 Å². The van der Waals surface area contributed by atoms with Crippen LogP contribution in [0.15, 0.2) is 48.5 Å². The van der Waals surface area contributed by atoms with Gasteiger partial charge in [-0.1, -0.05) is 0 Å². The lowest BCUT2D eigenvalue weighted by molar-refractivity contribution is -0.0350. The number of aliphatic hydroxyl groups is 1. The average Bonchev–Trinajstić information content (AvgIpc) is 2.55. The molecule has 21 heavy (non-hydrogen) atoms. The van der Waals surface area contributed by atoms with Gasteiger partial charge < -0.3 is 24.1 Å². The Morgan fingerprint density at radius 3 is 1.33 bits per heavy atom. The highest BCUT2D eigenvalue weighted by Gasteiger charge is 2.11. The van der Waals surface area contributed by atoms with Crippen molar-refractivity contribution in [1.82, 2.24) is 0 Å². The SMILES string of the molecule is COc1ccc(OC(CO)Oc2ccc(OC)cc2)cc1. The van der Waals surface area contributed by atoms with Crippen molar-refractivity contribution >= 4 is 0 Å². The third-order valence-corrected chi connectivity index (χ3v) is 2.80. The Hall–Kier alpha value is -2.40.